The van der Waals surface area contributed by atoms with Crippen molar-refractivity contribution in [1.82, 2.24) is 25.9 Å². The number of thioether (sulfide) groups is 1. The van der Waals surface area contributed by atoms with Crippen LogP contribution in [0.1, 0.15) is 39.3 Å². The van der Waals surface area contributed by atoms with E-state index in [0.717, 1.165) is 0 Å². The van der Waals surface area contributed by atoms with Crippen molar-refractivity contribution in [1.29, 1.82) is 0 Å². The molecule has 1 rings (SSSR count). The van der Waals surface area contributed by atoms with Crippen LogP contribution < -0.4 is 21.7 Å². The first-order chi connectivity index (χ1) is 16.0. The molecule has 0 radical (unpaired) electrons. The maximum atomic E-state index is 13.1. The summed E-state index contributed by atoms with van der Waals surface area (Å²) in [4.78, 5) is 56.8. The number of nitrogens with one attached hydrogen (secondary N) is 4. The molecule has 6 atom stereocenters. The first kappa shape index (κ1) is 29.4. The van der Waals surface area contributed by atoms with E-state index in [2.05, 4.69) is 25.9 Å². The van der Waals surface area contributed by atoms with Gasteiger partial charge >= 0.3 is 5.97 Å². The summed E-state index contributed by atoms with van der Waals surface area (Å²) in [5.74, 6) is -2.98. The average Bonchev–Trinajstić information content (AvgIpc) is 3.31. The Kier molecular flexibility index (Phi) is 12.6. The van der Waals surface area contributed by atoms with Gasteiger partial charge in [0.1, 0.15) is 24.2 Å². The van der Waals surface area contributed by atoms with Gasteiger partial charge in [-0.1, -0.05) is 20.3 Å². The van der Waals surface area contributed by atoms with Gasteiger partial charge in [0, 0.05) is 18.3 Å². The smallest absolute Gasteiger partial charge is 0.326 e. The van der Waals surface area contributed by atoms with Gasteiger partial charge in [0.05, 0.1) is 12.4 Å². The number of aliphatic hydroxyl groups is 1. The SMILES string of the molecule is CCC(C)C(NC(=O)C(Cc1cnc[nH]1)NC(=O)C(CCSC)NC(=O)C(N)C(C)O)C(=O)O. The summed E-state index contributed by atoms with van der Waals surface area (Å²) in [5, 5.41) is 26.8. The minimum absolute atomic E-state index is 0.0286. The number of aliphatic carboxylic acids is 1. The Morgan fingerprint density at radius 2 is 1.74 bits per heavy atom. The number of H-pyrrole nitrogens is 1. The van der Waals surface area contributed by atoms with E-state index >= 15 is 0 Å². The molecule has 3 amide bonds. The first-order valence-corrected chi connectivity index (χ1v) is 12.4. The lowest BCUT2D eigenvalue weighted by Gasteiger charge is -2.26. The highest BCUT2D eigenvalue weighted by molar-refractivity contribution is 7.98. The van der Waals surface area contributed by atoms with E-state index in [0.29, 0.717) is 17.9 Å². The van der Waals surface area contributed by atoms with Crippen LogP contribution in [0, 0.1) is 5.92 Å². The molecule has 12 nitrogen and oxygen atoms in total. The van der Waals surface area contributed by atoms with Gasteiger partial charge in [-0.25, -0.2) is 9.78 Å². The Hall–Kier alpha value is -2.64. The number of carboxylic acid groups (broad SMARTS) is 1. The summed E-state index contributed by atoms with van der Waals surface area (Å²) in [6, 6.07) is -4.49. The molecule has 34 heavy (non-hydrogen) atoms. The van der Waals surface area contributed by atoms with Crippen molar-refractivity contribution >= 4 is 35.5 Å². The fraction of sp³-hybridized carbons (Fsp3) is 0.667. The van der Waals surface area contributed by atoms with E-state index in [1.165, 1.54) is 31.2 Å². The lowest BCUT2D eigenvalue weighted by molar-refractivity contribution is -0.143. The van der Waals surface area contributed by atoms with Crippen LogP contribution in [-0.2, 0) is 25.6 Å². The monoisotopic (exact) mass is 500 g/mol. The van der Waals surface area contributed by atoms with Gasteiger partial charge < -0.3 is 36.9 Å². The third-order valence-electron chi connectivity index (χ3n) is 5.45. The molecule has 192 valence electrons. The first-order valence-electron chi connectivity index (χ1n) is 11.0. The molecule has 1 aromatic heterocycles. The topological polar surface area (TPSA) is 200 Å². The largest absolute Gasteiger partial charge is 0.480 e. The van der Waals surface area contributed by atoms with Crippen molar-refractivity contribution in [3.63, 3.8) is 0 Å². The summed E-state index contributed by atoms with van der Waals surface area (Å²) in [5.41, 5.74) is 6.22. The Morgan fingerprint density at radius 1 is 1.12 bits per heavy atom. The third kappa shape index (κ3) is 9.31. The molecule has 0 aromatic carbocycles. The zero-order valence-corrected chi connectivity index (χ0v) is 20.7. The molecule has 0 spiro atoms. The second kappa shape index (κ2) is 14.6. The molecular formula is C21H36N6O6S. The summed E-state index contributed by atoms with van der Waals surface area (Å²) in [7, 11) is 0. The second-order valence-electron chi connectivity index (χ2n) is 8.16. The van der Waals surface area contributed by atoms with Crippen LogP contribution in [-0.4, -0.2) is 86.2 Å². The lowest BCUT2D eigenvalue weighted by Crippen LogP contribution is -2.59. The summed E-state index contributed by atoms with van der Waals surface area (Å²) >= 11 is 1.47. The molecule has 1 heterocycles. The number of carbonyl (C=O) groups is 4. The molecule has 0 saturated carbocycles. The van der Waals surface area contributed by atoms with Crippen molar-refractivity contribution in [2.45, 2.75) is 70.3 Å². The maximum absolute atomic E-state index is 13.1. The van der Waals surface area contributed by atoms with Crippen molar-refractivity contribution in [3.8, 4) is 0 Å². The highest BCUT2D eigenvalue weighted by Gasteiger charge is 2.32. The number of imidazole rings is 1. The number of carboxylic acids is 1. The van der Waals surface area contributed by atoms with Gasteiger partial charge in [-0.05, 0) is 31.3 Å². The third-order valence-corrected chi connectivity index (χ3v) is 6.10. The molecule has 0 saturated heterocycles. The molecule has 8 N–H and O–H groups in total. The quantitative estimate of drug-likeness (QED) is 0.158. The maximum Gasteiger partial charge on any atom is 0.326 e. The number of aromatic nitrogens is 2. The van der Waals surface area contributed by atoms with Crippen molar-refractivity contribution in [2.24, 2.45) is 11.7 Å². The zero-order chi connectivity index (χ0) is 25.8. The Bertz CT molecular complexity index is 806. The molecule has 0 fully saturated rings. The zero-order valence-electron chi connectivity index (χ0n) is 19.9. The van der Waals surface area contributed by atoms with Gasteiger partial charge in [0.2, 0.25) is 17.7 Å². The molecule has 1 aromatic rings. The van der Waals surface area contributed by atoms with Crippen LogP contribution in [0.3, 0.4) is 0 Å². The van der Waals surface area contributed by atoms with Crippen LogP contribution in [0.15, 0.2) is 12.5 Å². The predicted octanol–water partition coefficient (Wildman–Crippen LogP) is -1.00. The molecule has 0 bridgehead atoms. The van der Waals surface area contributed by atoms with E-state index in [4.69, 9.17) is 5.73 Å². The van der Waals surface area contributed by atoms with E-state index in [1.807, 2.05) is 13.2 Å². The van der Waals surface area contributed by atoms with Gasteiger partial charge in [0.25, 0.3) is 0 Å². The van der Waals surface area contributed by atoms with Crippen LogP contribution in [0.5, 0.6) is 0 Å². The van der Waals surface area contributed by atoms with Crippen LogP contribution in [0.2, 0.25) is 0 Å². The van der Waals surface area contributed by atoms with Gasteiger partial charge in [-0.3, -0.25) is 14.4 Å². The average molecular weight is 501 g/mol. The van der Waals surface area contributed by atoms with E-state index in [1.54, 1.807) is 6.92 Å². The molecular weight excluding hydrogens is 464 g/mol. The van der Waals surface area contributed by atoms with Crippen LogP contribution >= 0.6 is 11.8 Å². The summed E-state index contributed by atoms with van der Waals surface area (Å²) < 4.78 is 0. The van der Waals surface area contributed by atoms with Gasteiger partial charge in [-0.2, -0.15) is 11.8 Å². The normalized spacial score (nSPS) is 16.4. The van der Waals surface area contributed by atoms with E-state index in [9.17, 15) is 29.4 Å². The number of aliphatic hydroxyl groups excluding tert-OH is 1. The van der Waals surface area contributed by atoms with E-state index < -0.39 is 54.0 Å². The number of carbonyl (C=O) groups excluding carboxylic acids is 3. The number of hydrogen-bond acceptors (Lipinski definition) is 8. The fourth-order valence-corrected chi connectivity index (χ4v) is 3.50. The van der Waals surface area contributed by atoms with Crippen molar-refractivity contribution in [3.05, 3.63) is 18.2 Å². The highest BCUT2D eigenvalue weighted by atomic mass is 32.2. The Balaban J connectivity index is 3.07. The van der Waals surface area contributed by atoms with Gasteiger partial charge in [-0.15, -0.1) is 0 Å². The van der Waals surface area contributed by atoms with Gasteiger partial charge in [0.15, 0.2) is 0 Å². The predicted molar refractivity (Wildman–Crippen MR) is 128 cm³/mol. The molecule has 0 aliphatic heterocycles. The standard InChI is InChI=1S/C21H36N6O6S/c1-5-11(2)17(21(32)33)27-19(30)15(8-13-9-23-10-24-13)26-18(29)14(6-7-34-4)25-20(31)16(22)12(3)28/h9-12,14-17,28H,5-8,22H2,1-4H3,(H,23,24)(H,25,31)(H,26,29)(H,27,30)(H,32,33). The number of aromatic amines is 1. The number of nitrogens with two attached hydrogens (primary N) is 1. The number of nitrogens with zero attached hydrogens (tertiary/aromatic N) is 1. The number of hydrogen-bond donors (Lipinski definition) is 7. The van der Waals surface area contributed by atoms with Crippen molar-refractivity contribution < 1.29 is 29.4 Å². The fourth-order valence-electron chi connectivity index (χ4n) is 3.03. The van der Waals surface area contributed by atoms with Crippen LogP contribution in [0.25, 0.3) is 0 Å². The summed E-state index contributed by atoms with van der Waals surface area (Å²) in [6.07, 6.45) is 4.45. The Labute approximate surface area is 203 Å². The minimum atomic E-state index is -1.22. The minimum Gasteiger partial charge on any atom is -0.480 e. The molecule has 0 aliphatic rings. The number of rotatable bonds is 15. The van der Waals surface area contributed by atoms with Crippen LogP contribution in [0.4, 0.5) is 0 Å². The van der Waals surface area contributed by atoms with Crippen molar-refractivity contribution in [2.75, 3.05) is 12.0 Å². The van der Waals surface area contributed by atoms with E-state index in [-0.39, 0.29) is 18.8 Å². The highest BCUT2D eigenvalue weighted by Crippen LogP contribution is 2.10. The lowest BCUT2D eigenvalue weighted by atomic mass is 9.98. The summed E-state index contributed by atoms with van der Waals surface area (Å²) in [6.45, 7) is 4.89. The molecule has 6 unspecified atom stereocenters. The second-order valence-corrected chi connectivity index (χ2v) is 9.15. The number of amides is 3. The molecule has 13 heteroatoms. The Morgan fingerprint density at radius 3 is 2.24 bits per heavy atom. The molecule has 0 aliphatic carbocycles.